The highest BCUT2D eigenvalue weighted by Crippen LogP contribution is 2.32. The molecule has 3 heterocycles. The van der Waals surface area contributed by atoms with Gasteiger partial charge < -0.3 is 25.0 Å². The highest BCUT2D eigenvalue weighted by Gasteiger charge is 2.37. The van der Waals surface area contributed by atoms with Crippen LogP contribution in [0.5, 0.6) is 0 Å². The average molecular weight is 453 g/mol. The van der Waals surface area contributed by atoms with E-state index < -0.39 is 30.5 Å². The van der Waals surface area contributed by atoms with E-state index in [1.54, 1.807) is 35.2 Å². The number of esters is 1. The molecule has 5 unspecified atom stereocenters. The molecular formula is C23H27N5O5. The second-order valence-corrected chi connectivity index (χ2v) is 8.57. The molecule has 10 heteroatoms. The second kappa shape index (κ2) is 9.42. The van der Waals surface area contributed by atoms with E-state index in [-0.39, 0.29) is 12.6 Å². The fourth-order valence-corrected chi connectivity index (χ4v) is 4.51. The van der Waals surface area contributed by atoms with Crippen LogP contribution < -0.4 is 5.32 Å². The zero-order valence-corrected chi connectivity index (χ0v) is 18.1. The van der Waals surface area contributed by atoms with Gasteiger partial charge in [-0.2, -0.15) is 0 Å². The van der Waals surface area contributed by atoms with Gasteiger partial charge in [0.1, 0.15) is 19.0 Å². The van der Waals surface area contributed by atoms with Crippen molar-refractivity contribution < 1.29 is 24.5 Å². The third-order valence-electron chi connectivity index (χ3n) is 6.26. The van der Waals surface area contributed by atoms with Crippen molar-refractivity contribution in [1.29, 1.82) is 0 Å². The number of carbonyl (C=O) groups is 1. The molecule has 1 saturated carbocycles. The number of carbonyl (C=O) groups excluding carboxylic acids is 1. The molecule has 10 nitrogen and oxygen atoms in total. The number of aromatic nitrogens is 4. The number of aliphatic hydroxyl groups is 2. The number of hydrogen-bond donors (Lipinski definition) is 3. The standard InChI is InChI=1S/C23H27N5O5/c29-17-9-5-4-8-16(17)27-20-19-21(25-12-24-20)28(13-26-19)22-18(30)10-15(33-22)11-32-23(31)14-6-2-1-3-7-14/h1-3,6-7,12-13,15-18,22,29-30H,4-5,8-11H2,(H,24,25,27). The molecule has 0 amide bonds. The third-order valence-corrected chi connectivity index (χ3v) is 6.26. The van der Waals surface area contributed by atoms with E-state index in [1.165, 1.54) is 6.33 Å². The SMILES string of the molecule is O=C(OCC1CC(O)C(n2cnc3c(NC4CCCCC4O)ncnc32)O1)c1ccccc1. The minimum absolute atomic E-state index is 0.0370. The smallest absolute Gasteiger partial charge is 0.338 e. The third kappa shape index (κ3) is 4.54. The lowest BCUT2D eigenvalue weighted by atomic mass is 9.92. The van der Waals surface area contributed by atoms with E-state index in [9.17, 15) is 15.0 Å². The van der Waals surface area contributed by atoms with Crippen molar-refractivity contribution in [2.24, 2.45) is 0 Å². The van der Waals surface area contributed by atoms with Gasteiger partial charge in [0.05, 0.1) is 30.1 Å². The highest BCUT2D eigenvalue weighted by atomic mass is 16.6. The van der Waals surface area contributed by atoms with Crippen LogP contribution in [0, 0.1) is 0 Å². The Morgan fingerprint density at radius 3 is 2.76 bits per heavy atom. The Hall–Kier alpha value is -3.08. The summed E-state index contributed by atoms with van der Waals surface area (Å²) >= 11 is 0. The Kier molecular flexibility index (Phi) is 6.21. The number of aliphatic hydroxyl groups excluding tert-OH is 2. The van der Waals surface area contributed by atoms with Crippen LogP contribution in [0.2, 0.25) is 0 Å². The summed E-state index contributed by atoms with van der Waals surface area (Å²) in [6, 6.07) is 8.66. The van der Waals surface area contributed by atoms with Gasteiger partial charge in [0.25, 0.3) is 0 Å². The number of nitrogens with one attached hydrogen (secondary N) is 1. The minimum atomic E-state index is -0.811. The van der Waals surface area contributed by atoms with Gasteiger partial charge in [0, 0.05) is 6.42 Å². The molecule has 5 atom stereocenters. The quantitative estimate of drug-likeness (QED) is 0.480. The van der Waals surface area contributed by atoms with Crippen molar-refractivity contribution >= 4 is 23.0 Å². The fourth-order valence-electron chi connectivity index (χ4n) is 4.51. The van der Waals surface area contributed by atoms with Gasteiger partial charge in [-0.3, -0.25) is 4.57 Å². The lowest BCUT2D eigenvalue weighted by Crippen LogP contribution is -2.36. The number of benzene rings is 1. The Morgan fingerprint density at radius 2 is 1.94 bits per heavy atom. The van der Waals surface area contributed by atoms with Crippen LogP contribution in [-0.4, -0.2) is 66.7 Å². The second-order valence-electron chi connectivity index (χ2n) is 8.57. The molecule has 0 radical (unpaired) electrons. The van der Waals surface area contributed by atoms with Crippen LogP contribution in [0.4, 0.5) is 5.82 Å². The lowest BCUT2D eigenvalue weighted by Gasteiger charge is -2.28. The normalized spacial score (nSPS) is 27.5. The van der Waals surface area contributed by atoms with E-state index in [0.29, 0.717) is 29.0 Å². The maximum absolute atomic E-state index is 12.2. The summed E-state index contributed by atoms with van der Waals surface area (Å²) in [6.45, 7) is 0.0370. The van der Waals surface area contributed by atoms with Crippen LogP contribution in [0.25, 0.3) is 11.2 Å². The molecule has 0 bridgehead atoms. The van der Waals surface area contributed by atoms with Gasteiger partial charge in [0.15, 0.2) is 23.2 Å². The molecule has 1 saturated heterocycles. The molecule has 2 aromatic heterocycles. The van der Waals surface area contributed by atoms with Crippen LogP contribution >= 0.6 is 0 Å². The fraction of sp³-hybridized carbons (Fsp3) is 0.478. The zero-order valence-electron chi connectivity index (χ0n) is 18.1. The van der Waals surface area contributed by atoms with Gasteiger partial charge >= 0.3 is 5.97 Å². The van der Waals surface area contributed by atoms with E-state index in [1.807, 2.05) is 6.07 Å². The van der Waals surface area contributed by atoms with Crippen molar-refractivity contribution in [3.63, 3.8) is 0 Å². The van der Waals surface area contributed by atoms with E-state index in [0.717, 1.165) is 25.7 Å². The summed E-state index contributed by atoms with van der Waals surface area (Å²) in [6.07, 6.45) is 4.61. The first kappa shape index (κ1) is 21.7. The van der Waals surface area contributed by atoms with E-state index in [2.05, 4.69) is 20.3 Å². The molecule has 3 N–H and O–H groups in total. The summed E-state index contributed by atoms with van der Waals surface area (Å²) < 4.78 is 13.0. The molecule has 5 rings (SSSR count). The molecule has 174 valence electrons. The molecule has 3 aromatic rings. The van der Waals surface area contributed by atoms with Crippen LogP contribution in [0.1, 0.15) is 48.7 Å². The van der Waals surface area contributed by atoms with Crippen LogP contribution in [-0.2, 0) is 9.47 Å². The molecular weight excluding hydrogens is 426 g/mol. The summed E-state index contributed by atoms with van der Waals surface area (Å²) in [5.41, 5.74) is 1.53. The first-order chi connectivity index (χ1) is 16.1. The Morgan fingerprint density at radius 1 is 1.12 bits per heavy atom. The van der Waals surface area contributed by atoms with Gasteiger partial charge in [-0.05, 0) is 25.0 Å². The van der Waals surface area contributed by atoms with Crippen LogP contribution in [0.3, 0.4) is 0 Å². The first-order valence-corrected chi connectivity index (χ1v) is 11.3. The average Bonchev–Trinajstić information content (AvgIpc) is 3.43. The van der Waals surface area contributed by atoms with Gasteiger partial charge in [-0.25, -0.2) is 19.7 Å². The number of rotatable bonds is 6. The molecule has 33 heavy (non-hydrogen) atoms. The van der Waals surface area contributed by atoms with Crippen molar-refractivity contribution in [3.8, 4) is 0 Å². The van der Waals surface area contributed by atoms with Crippen molar-refractivity contribution in [3.05, 3.63) is 48.5 Å². The molecule has 1 aliphatic heterocycles. The molecule has 2 aliphatic rings. The number of hydrogen-bond acceptors (Lipinski definition) is 9. The molecule has 1 aromatic carbocycles. The molecule has 1 aliphatic carbocycles. The summed E-state index contributed by atoms with van der Waals surface area (Å²) in [5.74, 6) is 0.115. The topological polar surface area (TPSA) is 132 Å². The lowest BCUT2D eigenvalue weighted by molar-refractivity contribution is -0.0531. The molecule has 0 spiro atoms. The van der Waals surface area contributed by atoms with Crippen molar-refractivity contribution in [1.82, 2.24) is 19.5 Å². The maximum Gasteiger partial charge on any atom is 0.338 e. The maximum atomic E-state index is 12.2. The number of nitrogens with zero attached hydrogens (tertiary/aromatic N) is 4. The Bertz CT molecular complexity index is 1110. The van der Waals surface area contributed by atoms with E-state index in [4.69, 9.17) is 9.47 Å². The Balaban J connectivity index is 1.27. The minimum Gasteiger partial charge on any atom is -0.459 e. The zero-order chi connectivity index (χ0) is 22.8. The predicted octanol–water partition coefficient (Wildman–Crippen LogP) is 2.05. The predicted molar refractivity (Wildman–Crippen MR) is 118 cm³/mol. The van der Waals surface area contributed by atoms with Crippen molar-refractivity contribution in [2.75, 3.05) is 11.9 Å². The Labute approximate surface area is 190 Å². The van der Waals surface area contributed by atoms with Crippen molar-refractivity contribution in [2.45, 2.75) is 62.7 Å². The van der Waals surface area contributed by atoms with Gasteiger partial charge in [-0.15, -0.1) is 0 Å². The first-order valence-electron chi connectivity index (χ1n) is 11.3. The number of imidazole rings is 1. The molecule has 2 fully saturated rings. The van der Waals surface area contributed by atoms with Gasteiger partial charge in [0.2, 0.25) is 0 Å². The summed E-state index contributed by atoms with van der Waals surface area (Å²) in [7, 11) is 0. The van der Waals surface area contributed by atoms with Gasteiger partial charge in [-0.1, -0.05) is 31.0 Å². The largest absolute Gasteiger partial charge is 0.459 e. The summed E-state index contributed by atoms with van der Waals surface area (Å²) in [5, 5.41) is 24.2. The number of ether oxygens (including phenoxy) is 2. The number of fused-ring (bicyclic) bond motifs is 1. The van der Waals surface area contributed by atoms with Crippen LogP contribution in [0.15, 0.2) is 43.0 Å². The van der Waals surface area contributed by atoms with E-state index >= 15 is 0 Å². The highest BCUT2D eigenvalue weighted by molar-refractivity contribution is 5.89. The summed E-state index contributed by atoms with van der Waals surface area (Å²) in [4.78, 5) is 25.3. The monoisotopic (exact) mass is 453 g/mol. The number of anilines is 1.